The largest absolute Gasteiger partial charge is 0.360 e. The Morgan fingerprint density at radius 1 is 1.19 bits per heavy atom. The first-order valence-electron chi connectivity index (χ1n) is 8.95. The van der Waals surface area contributed by atoms with Crippen molar-refractivity contribution >= 4 is 5.91 Å². The molecule has 4 rings (SSSR count). The van der Waals surface area contributed by atoms with Gasteiger partial charge in [-0.2, -0.15) is 0 Å². The maximum Gasteiger partial charge on any atom is 0.257 e. The molecule has 7 nitrogen and oxygen atoms in total. The van der Waals surface area contributed by atoms with Crippen molar-refractivity contribution in [2.75, 3.05) is 0 Å². The van der Waals surface area contributed by atoms with Gasteiger partial charge in [0.05, 0.1) is 6.54 Å². The summed E-state index contributed by atoms with van der Waals surface area (Å²) in [5.74, 6) is 2.10. The number of nitrogens with one attached hydrogen (secondary N) is 1. The Bertz CT molecular complexity index is 913. The lowest BCUT2D eigenvalue weighted by Gasteiger charge is -2.08. The van der Waals surface area contributed by atoms with Crippen molar-refractivity contribution in [3.63, 3.8) is 0 Å². The van der Waals surface area contributed by atoms with E-state index in [1.807, 2.05) is 30.3 Å². The zero-order valence-electron chi connectivity index (χ0n) is 14.7. The maximum atomic E-state index is 12.8. The third kappa shape index (κ3) is 3.12. The summed E-state index contributed by atoms with van der Waals surface area (Å²) in [4.78, 5) is 12.8. The smallest absolute Gasteiger partial charge is 0.257 e. The van der Waals surface area contributed by atoms with E-state index in [9.17, 15) is 4.79 Å². The molecule has 1 aliphatic rings. The zero-order chi connectivity index (χ0) is 17.9. The molecule has 0 aliphatic carbocycles. The van der Waals surface area contributed by atoms with E-state index in [0.717, 1.165) is 43.0 Å². The first-order chi connectivity index (χ1) is 12.7. The van der Waals surface area contributed by atoms with Crippen LogP contribution in [0.5, 0.6) is 0 Å². The van der Waals surface area contributed by atoms with Crippen molar-refractivity contribution in [2.45, 2.75) is 45.7 Å². The van der Waals surface area contributed by atoms with E-state index >= 15 is 0 Å². The van der Waals surface area contributed by atoms with Gasteiger partial charge in [0.2, 0.25) is 0 Å². The second-order valence-corrected chi connectivity index (χ2v) is 6.51. The minimum atomic E-state index is -0.214. The van der Waals surface area contributed by atoms with Crippen molar-refractivity contribution in [3.8, 4) is 11.3 Å². The summed E-state index contributed by atoms with van der Waals surface area (Å²) in [5.41, 5.74) is 1.87. The van der Waals surface area contributed by atoms with Crippen LogP contribution < -0.4 is 5.32 Å². The molecule has 134 valence electrons. The number of rotatable bonds is 4. The summed E-state index contributed by atoms with van der Waals surface area (Å²) in [7, 11) is 0. The number of carbonyl (C=O) groups is 1. The van der Waals surface area contributed by atoms with Gasteiger partial charge in [-0.1, -0.05) is 41.9 Å². The van der Waals surface area contributed by atoms with Gasteiger partial charge in [-0.3, -0.25) is 4.79 Å². The average Bonchev–Trinajstić information content (AvgIpc) is 3.15. The molecule has 0 bridgehead atoms. The van der Waals surface area contributed by atoms with E-state index in [1.165, 1.54) is 6.42 Å². The topological polar surface area (TPSA) is 85.8 Å². The molecule has 0 spiro atoms. The van der Waals surface area contributed by atoms with Crippen LogP contribution in [0.4, 0.5) is 0 Å². The predicted molar refractivity (Wildman–Crippen MR) is 95.4 cm³/mol. The number of benzene rings is 1. The summed E-state index contributed by atoms with van der Waals surface area (Å²) < 4.78 is 7.40. The molecule has 1 aliphatic heterocycles. The van der Waals surface area contributed by atoms with Crippen LogP contribution in [0.1, 0.15) is 47.0 Å². The summed E-state index contributed by atoms with van der Waals surface area (Å²) in [6, 6.07) is 9.56. The monoisotopic (exact) mass is 351 g/mol. The summed E-state index contributed by atoms with van der Waals surface area (Å²) in [6.45, 7) is 3.00. The van der Waals surface area contributed by atoms with Crippen LogP contribution in [0, 0.1) is 6.92 Å². The molecule has 26 heavy (non-hydrogen) atoms. The van der Waals surface area contributed by atoms with Gasteiger partial charge in [0.1, 0.15) is 22.8 Å². The van der Waals surface area contributed by atoms with Crippen LogP contribution in [-0.4, -0.2) is 25.8 Å². The van der Waals surface area contributed by atoms with Crippen molar-refractivity contribution in [3.05, 3.63) is 53.3 Å². The Balaban J connectivity index is 1.53. The number of aryl methyl sites for hydroxylation is 2. The third-order valence-electron chi connectivity index (χ3n) is 4.73. The summed E-state index contributed by atoms with van der Waals surface area (Å²) in [5, 5.41) is 15.5. The Morgan fingerprint density at radius 2 is 2.04 bits per heavy atom. The van der Waals surface area contributed by atoms with Crippen molar-refractivity contribution in [1.29, 1.82) is 0 Å². The number of hydrogen-bond acceptors (Lipinski definition) is 5. The molecular weight excluding hydrogens is 330 g/mol. The second-order valence-electron chi connectivity index (χ2n) is 6.51. The molecule has 0 unspecified atom stereocenters. The molecule has 1 aromatic carbocycles. The van der Waals surface area contributed by atoms with Crippen LogP contribution in [0.25, 0.3) is 11.3 Å². The number of hydrogen-bond donors (Lipinski definition) is 1. The zero-order valence-corrected chi connectivity index (χ0v) is 14.7. The third-order valence-corrected chi connectivity index (χ3v) is 4.73. The van der Waals surface area contributed by atoms with Gasteiger partial charge in [-0.05, 0) is 19.8 Å². The number of carbonyl (C=O) groups excluding carboxylic acids is 1. The number of nitrogens with zero attached hydrogens (tertiary/aromatic N) is 4. The van der Waals surface area contributed by atoms with Crippen LogP contribution in [0.15, 0.2) is 34.9 Å². The average molecular weight is 351 g/mol. The lowest BCUT2D eigenvalue weighted by molar-refractivity contribution is 0.0948. The minimum Gasteiger partial charge on any atom is -0.360 e. The van der Waals surface area contributed by atoms with Crippen LogP contribution in [0.3, 0.4) is 0 Å². The molecule has 3 aromatic rings. The Hall–Kier alpha value is -2.96. The molecule has 7 heteroatoms. The van der Waals surface area contributed by atoms with Gasteiger partial charge in [0, 0.05) is 18.5 Å². The Morgan fingerprint density at radius 3 is 2.88 bits per heavy atom. The molecule has 1 amide bonds. The molecule has 1 N–H and O–H groups in total. The fourth-order valence-electron chi connectivity index (χ4n) is 3.36. The molecule has 0 saturated heterocycles. The second kappa shape index (κ2) is 7.11. The fourth-order valence-corrected chi connectivity index (χ4v) is 3.36. The first kappa shape index (κ1) is 16.5. The molecule has 0 fully saturated rings. The normalized spacial score (nSPS) is 13.9. The molecule has 0 radical (unpaired) electrons. The van der Waals surface area contributed by atoms with Crippen LogP contribution >= 0.6 is 0 Å². The Kier molecular flexibility index (Phi) is 4.51. The van der Waals surface area contributed by atoms with Gasteiger partial charge < -0.3 is 14.4 Å². The van der Waals surface area contributed by atoms with Crippen LogP contribution in [0.2, 0.25) is 0 Å². The number of aromatic nitrogens is 4. The predicted octanol–water partition coefficient (Wildman–Crippen LogP) is 2.90. The molecule has 0 saturated carbocycles. The van der Waals surface area contributed by atoms with E-state index in [-0.39, 0.29) is 5.91 Å². The van der Waals surface area contributed by atoms with Crippen molar-refractivity contribution < 1.29 is 9.32 Å². The van der Waals surface area contributed by atoms with Gasteiger partial charge in [-0.25, -0.2) is 0 Å². The highest BCUT2D eigenvalue weighted by Crippen LogP contribution is 2.25. The lowest BCUT2D eigenvalue weighted by Crippen LogP contribution is -2.25. The highest BCUT2D eigenvalue weighted by atomic mass is 16.5. The first-order valence-corrected chi connectivity index (χ1v) is 8.95. The summed E-state index contributed by atoms with van der Waals surface area (Å²) >= 11 is 0. The quantitative estimate of drug-likeness (QED) is 0.781. The van der Waals surface area contributed by atoms with E-state index in [1.54, 1.807) is 6.92 Å². The van der Waals surface area contributed by atoms with E-state index < -0.39 is 0 Å². The van der Waals surface area contributed by atoms with Gasteiger partial charge >= 0.3 is 0 Å². The molecule has 0 atom stereocenters. The standard InChI is InChI=1S/C19H21N5O2/c1-13-17(18(23-26-13)14-8-4-2-5-9-14)19(25)20-12-16-22-21-15-10-6-3-7-11-24(15)16/h2,4-5,8-9H,3,6-7,10-12H2,1H3,(H,20,25). The van der Waals surface area contributed by atoms with Gasteiger partial charge in [0.15, 0.2) is 5.82 Å². The maximum absolute atomic E-state index is 12.8. The molecule has 3 heterocycles. The number of amides is 1. The SMILES string of the molecule is Cc1onc(-c2ccccc2)c1C(=O)NCc1nnc2n1CCCCC2. The molecular formula is C19H21N5O2. The fraction of sp³-hybridized carbons (Fsp3) is 0.368. The van der Waals surface area contributed by atoms with E-state index in [4.69, 9.17) is 4.52 Å². The van der Waals surface area contributed by atoms with E-state index in [0.29, 0.717) is 23.6 Å². The van der Waals surface area contributed by atoms with Gasteiger partial charge in [-0.15, -0.1) is 10.2 Å². The van der Waals surface area contributed by atoms with E-state index in [2.05, 4.69) is 25.2 Å². The van der Waals surface area contributed by atoms with Gasteiger partial charge in [0.25, 0.3) is 5.91 Å². The van der Waals surface area contributed by atoms with Crippen molar-refractivity contribution in [1.82, 2.24) is 25.2 Å². The molecule has 2 aromatic heterocycles. The minimum absolute atomic E-state index is 0.214. The van der Waals surface area contributed by atoms with Crippen LogP contribution in [-0.2, 0) is 19.5 Å². The van der Waals surface area contributed by atoms with Crippen molar-refractivity contribution in [2.24, 2.45) is 0 Å². The highest BCUT2D eigenvalue weighted by Gasteiger charge is 2.22. The lowest BCUT2D eigenvalue weighted by atomic mass is 10.1. The number of fused-ring (bicyclic) bond motifs is 1. The summed E-state index contributed by atoms with van der Waals surface area (Å²) in [6.07, 6.45) is 4.42. The Labute approximate surface area is 151 Å². The highest BCUT2D eigenvalue weighted by molar-refractivity contribution is 6.00.